The summed E-state index contributed by atoms with van der Waals surface area (Å²) in [7, 11) is 0. The minimum absolute atomic E-state index is 0.972. The normalized spacial score (nSPS) is 15.7. The number of aryl methyl sites for hydroxylation is 3. The summed E-state index contributed by atoms with van der Waals surface area (Å²) >= 11 is 0. The van der Waals surface area contributed by atoms with Gasteiger partial charge in [0.1, 0.15) is 0 Å². The average Bonchev–Trinajstić information content (AvgIpc) is 2.60. The Morgan fingerprint density at radius 2 is 1.73 bits per heavy atom. The second-order valence-electron chi connectivity index (χ2n) is 3.74. The molecule has 0 bridgehead atoms. The number of hydrogen-bond acceptors (Lipinski definition) is 3. The first-order chi connectivity index (χ1) is 7.24. The van der Waals surface area contributed by atoms with Crippen LogP contribution in [0.1, 0.15) is 18.3 Å². The summed E-state index contributed by atoms with van der Waals surface area (Å²) < 4.78 is 2.00. The first-order valence-corrected chi connectivity index (χ1v) is 5.66. The molecular weight excluding hydrogens is 188 g/mol. The van der Waals surface area contributed by atoms with Crippen molar-refractivity contribution in [2.75, 3.05) is 26.2 Å². The number of aromatic nitrogens is 2. The Kier molecular flexibility index (Phi) is 5.36. The highest BCUT2D eigenvalue weighted by Gasteiger charge is 1.95. The van der Waals surface area contributed by atoms with E-state index in [4.69, 9.17) is 0 Å². The molecule has 15 heavy (non-hydrogen) atoms. The first-order valence-electron chi connectivity index (χ1n) is 5.66. The van der Waals surface area contributed by atoms with E-state index in [0.717, 1.165) is 38.4 Å². The molecule has 1 saturated heterocycles. The quantitative estimate of drug-likeness (QED) is 0.717. The summed E-state index contributed by atoms with van der Waals surface area (Å²) in [5.74, 6) is 0. The third-order valence-corrected chi connectivity index (χ3v) is 2.36. The van der Waals surface area contributed by atoms with Crippen molar-refractivity contribution in [2.24, 2.45) is 0 Å². The largest absolute Gasteiger partial charge is 0.314 e. The van der Waals surface area contributed by atoms with Gasteiger partial charge < -0.3 is 10.6 Å². The lowest BCUT2D eigenvalue weighted by Crippen LogP contribution is -2.39. The van der Waals surface area contributed by atoms with E-state index in [2.05, 4.69) is 35.6 Å². The molecule has 0 radical (unpaired) electrons. The molecule has 0 atom stereocenters. The van der Waals surface area contributed by atoms with Crippen molar-refractivity contribution in [3.63, 3.8) is 0 Å². The van der Waals surface area contributed by atoms with E-state index in [0.29, 0.717) is 0 Å². The van der Waals surface area contributed by atoms with Gasteiger partial charge in [-0.05, 0) is 26.8 Å². The van der Waals surface area contributed by atoms with Crippen LogP contribution in [0, 0.1) is 13.8 Å². The molecule has 0 unspecified atom stereocenters. The minimum atomic E-state index is 0.972. The Hall–Kier alpha value is -0.870. The lowest BCUT2D eigenvalue weighted by atomic mass is 10.4. The minimum Gasteiger partial charge on any atom is -0.314 e. The van der Waals surface area contributed by atoms with E-state index in [1.54, 1.807) is 0 Å². The predicted octanol–water partition coefficient (Wildman–Crippen LogP) is 0.699. The van der Waals surface area contributed by atoms with Crippen LogP contribution in [0.25, 0.3) is 0 Å². The maximum absolute atomic E-state index is 4.25. The highest BCUT2D eigenvalue weighted by Crippen LogP contribution is 1.99. The Morgan fingerprint density at radius 1 is 1.20 bits per heavy atom. The Bertz CT molecular complexity index is 265. The molecule has 1 fully saturated rings. The van der Waals surface area contributed by atoms with Gasteiger partial charge in [0.25, 0.3) is 0 Å². The van der Waals surface area contributed by atoms with Gasteiger partial charge >= 0.3 is 0 Å². The summed E-state index contributed by atoms with van der Waals surface area (Å²) in [6, 6.07) is 2.09. The number of rotatable bonds is 1. The number of nitrogens with zero attached hydrogens (tertiary/aromatic N) is 2. The fraction of sp³-hybridized carbons (Fsp3) is 0.727. The van der Waals surface area contributed by atoms with Gasteiger partial charge in [-0.2, -0.15) is 5.10 Å². The van der Waals surface area contributed by atoms with E-state index < -0.39 is 0 Å². The van der Waals surface area contributed by atoms with Crippen LogP contribution in [0.3, 0.4) is 0 Å². The molecule has 2 rings (SSSR count). The van der Waals surface area contributed by atoms with E-state index in [1.807, 2.05) is 11.6 Å². The molecule has 0 aliphatic carbocycles. The number of nitrogens with one attached hydrogen (secondary N) is 2. The zero-order chi connectivity index (χ0) is 11.1. The van der Waals surface area contributed by atoms with Gasteiger partial charge in [0, 0.05) is 38.4 Å². The van der Waals surface area contributed by atoms with Gasteiger partial charge in [-0.25, -0.2) is 0 Å². The molecule has 4 nitrogen and oxygen atoms in total. The van der Waals surface area contributed by atoms with E-state index in [-0.39, 0.29) is 0 Å². The zero-order valence-corrected chi connectivity index (χ0v) is 10.0. The zero-order valence-electron chi connectivity index (χ0n) is 10.0. The van der Waals surface area contributed by atoms with Gasteiger partial charge in [-0.1, -0.05) is 0 Å². The third-order valence-electron chi connectivity index (χ3n) is 2.36. The van der Waals surface area contributed by atoms with Crippen molar-refractivity contribution >= 4 is 0 Å². The molecule has 1 aromatic rings. The van der Waals surface area contributed by atoms with Gasteiger partial charge in [-0.15, -0.1) is 0 Å². The lowest BCUT2D eigenvalue weighted by Gasteiger charge is -2.11. The van der Waals surface area contributed by atoms with Gasteiger partial charge in [-0.3, -0.25) is 4.68 Å². The standard InChI is InChI=1S/C7H12N2.C4H10N2/c1-4-9-7(3)5-6(2)8-9;1-2-6-4-3-5-1/h5H,4H2,1-3H3;5-6H,1-4H2. The molecule has 0 aromatic carbocycles. The Labute approximate surface area is 92.1 Å². The molecule has 1 aliphatic rings. The molecule has 86 valence electrons. The maximum atomic E-state index is 4.25. The molecular formula is C11H22N4. The molecule has 1 aromatic heterocycles. The molecule has 2 heterocycles. The summed E-state index contributed by atoms with van der Waals surface area (Å²) in [5.41, 5.74) is 2.35. The van der Waals surface area contributed by atoms with Crippen molar-refractivity contribution in [3.05, 3.63) is 17.5 Å². The van der Waals surface area contributed by atoms with Crippen molar-refractivity contribution in [1.82, 2.24) is 20.4 Å². The molecule has 0 saturated carbocycles. The second-order valence-corrected chi connectivity index (χ2v) is 3.74. The summed E-state index contributed by atoms with van der Waals surface area (Å²) in [5, 5.41) is 10.7. The summed E-state index contributed by atoms with van der Waals surface area (Å²) in [6.07, 6.45) is 0. The Morgan fingerprint density at radius 3 is 1.93 bits per heavy atom. The number of piperazine rings is 1. The van der Waals surface area contributed by atoms with E-state index in [9.17, 15) is 0 Å². The second kappa shape index (κ2) is 6.58. The van der Waals surface area contributed by atoms with Gasteiger partial charge in [0.2, 0.25) is 0 Å². The lowest BCUT2D eigenvalue weighted by molar-refractivity contribution is 0.534. The molecule has 4 heteroatoms. The van der Waals surface area contributed by atoms with Crippen LogP contribution in [0.15, 0.2) is 6.07 Å². The predicted molar refractivity (Wildman–Crippen MR) is 63.1 cm³/mol. The third kappa shape index (κ3) is 4.44. The molecule has 2 N–H and O–H groups in total. The highest BCUT2D eigenvalue weighted by atomic mass is 15.3. The fourth-order valence-electron chi connectivity index (χ4n) is 1.60. The SMILES string of the molecule is C1CNCCN1.CCn1nc(C)cc1C. The van der Waals surface area contributed by atoms with Crippen molar-refractivity contribution < 1.29 is 0 Å². The molecule has 0 amide bonds. The first kappa shape index (κ1) is 12.2. The van der Waals surface area contributed by atoms with Crippen LogP contribution in [-0.4, -0.2) is 36.0 Å². The van der Waals surface area contributed by atoms with Gasteiger partial charge in [0.15, 0.2) is 0 Å². The fourth-order valence-corrected chi connectivity index (χ4v) is 1.60. The van der Waals surface area contributed by atoms with Crippen molar-refractivity contribution in [2.45, 2.75) is 27.3 Å². The Balaban J connectivity index is 0.000000162. The molecule has 1 aliphatic heterocycles. The topological polar surface area (TPSA) is 41.9 Å². The number of hydrogen-bond donors (Lipinski definition) is 2. The van der Waals surface area contributed by atoms with Crippen LogP contribution >= 0.6 is 0 Å². The van der Waals surface area contributed by atoms with Crippen LogP contribution in [0.5, 0.6) is 0 Å². The van der Waals surface area contributed by atoms with Gasteiger partial charge in [0.05, 0.1) is 5.69 Å². The highest BCUT2D eigenvalue weighted by molar-refractivity contribution is 5.06. The van der Waals surface area contributed by atoms with Crippen LogP contribution in [0.4, 0.5) is 0 Å². The average molecular weight is 210 g/mol. The van der Waals surface area contributed by atoms with Crippen LogP contribution in [-0.2, 0) is 6.54 Å². The maximum Gasteiger partial charge on any atom is 0.0596 e. The van der Waals surface area contributed by atoms with Crippen LogP contribution < -0.4 is 10.6 Å². The molecule has 0 spiro atoms. The van der Waals surface area contributed by atoms with E-state index in [1.165, 1.54) is 5.69 Å². The van der Waals surface area contributed by atoms with Crippen molar-refractivity contribution in [1.29, 1.82) is 0 Å². The van der Waals surface area contributed by atoms with Crippen molar-refractivity contribution in [3.8, 4) is 0 Å². The van der Waals surface area contributed by atoms with Crippen LogP contribution in [0.2, 0.25) is 0 Å². The summed E-state index contributed by atoms with van der Waals surface area (Å²) in [6.45, 7) is 11.7. The summed E-state index contributed by atoms with van der Waals surface area (Å²) in [4.78, 5) is 0. The smallest absolute Gasteiger partial charge is 0.0596 e. The monoisotopic (exact) mass is 210 g/mol. The van der Waals surface area contributed by atoms with E-state index >= 15 is 0 Å².